The van der Waals surface area contributed by atoms with Gasteiger partial charge >= 0.3 is 17.2 Å². The van der Waals surface area contributed by atoms with Gasteiger partial charge in [0.2, 0.25) is 5.91 Å². The maximum atomic E-state index is 12.4. The van der Waals surface area contributed by atoms with Crippen molar-refractivity contribution in [1.29, 1.82) is 5.26 Å². The number of nitriles is 1. The van der Waals surface area contributed by atoms with Crippen molar-refractivity contribution in [3.63, 3.8) is 0 Å². The Kier molecular flexibility index (Phi) is 6.89. The van der Waals surface area contributed by atoms with Crippen LogP contribution in [0.3, 0.4) is 0 Å². The van der Waals surface area contributed by atoms with Crippen LogP contribution in [0.4, 0.5) is 11.4 Å². The van der Waals surface area contributed by atoms with Crippen LogP contribution >= 0.6 is 11.8 Å². The molecule has 2 aromatic rings. The van der Waals surface area contributed by atoms with E-state index in [1.807, 2.05) is 6.07 Å². The molecule has 2 rings (SSSR count). The van der Waals surface area contributed by atoms with Crippen LogP contribution in [0.2, 0.25) is 0 Å². The Bertz CT molecular complexity index is 1030. The topological polar surface area (TPSA) is 144 Å². The van der Waals surface area contributed by atoms with Gasteiger partial charge in [-0.3, -0.25) is 24.3 Å². The summed E-state index contributed by atoms with van der Waals surface area (Å²) < 4.78 is 5.28. The number of nitro groups is 1. The number of thioether (sulfide) groups is 1. The van der Waals surface area contributed by atoms with E-state index in [2.05, 4.69) is 10.1 Å². The van der Waals surface area contributed by atoms with Crippen molar-refractivity contribution in [3.05, 3.63) is 62.6 Å². The lowest BCUT2D eigenvalue weighted by molar-refractivity contribution is -0.386. The summed E-state index contributed by atoms with van der Waals surface area (Å²) >= 11 is 1.22. The van der Waals surface area contributed by atoms with Crippen LogP contribution in [0.5, 0.6) is 0 Å². The number of carbonyl (C=O) groups excluding carboxylic acids is 2. The lowest BCUT2D eigenvalue weighted by Gasteiger charge is -2.11. The lowest BCUT2D eigenvalue weighted by Crippen LogP contribution is -2.29. The maximum absolute atomic E-state index is 12.4. The molecule has 11 heteroatoms. The van der Waals surface area contributed by atoms with Crippen LogP contribution in [0.1, 0.15) is 10.4 Å². The van der Waals surface area contributed by atoms with Gasteiger partial charge < -0.3 is 10.1 Å². The molecule has 0 aliphatic rings. The quantitative estimate of drug-likeness (QED) is 0.319. The summed E-state index contributed by atoms with van der Waals surface area (Å²) in [5.74, 6) is -1.33. The highest BCUT2D eigenvalue weighted by molar-refractivity contribution is 7.99. The van der Waals surface area contributed by atoms with E-state index in [1.54, 1.807) is 24.3 Å². The summed E-state index contributed by atoms with van der Waals surface area (Å²) in [4.78, 5) is 47.1. The number of hydrogen-bond donors (Lipinski definition) is 1. The maximum Gasteiger partial charge on any atom is 0.339 e. The third-order valence-electron chi connectivity index (χ3n) is 3.45. The summed E-state index contributed by atoms with van der Waals surface area (Å²) in [7, 11) is 1.09. The van der Waals surface area contributed by atoms with Gasteiger partial charge in [0.15, 0.2) is 0 Å². The molecule has 0 saturated carbocycles. The number of nitrogens with zero attached hydrogens (tertiary/aromatic N) is 3. The Balaban J connectivity index is 2.30. The molecule has 1 amide bonds. The SMILES string of the molecule is COC(=O)c1cc([N+](=O)[O-])c(=O)n(CC(=O)Nc2ccccc2SCC#N)c1. The Morgan fingerprint density at radius 1 is 1.39 bits per heavy atom. The van der Waals surface area contributed by atoms with E-state index in [-0.39, 0.29) is 11.3 Å². The highest BCUT2D eigenvalue weighted by Gasteiger charge is 2.21. The number of esters is 1. The van der Waals surface area contributed by atoms with E-state index in [4.69, 9.17) is 5.26 Å². The zero-order valence-electron chi connectivity index (χ0n) is 14.6. The number of amides is 1. The first-order valence-corrected chi connectivity index (χ1v) is 8.71. The molecule has 0 aliphatic carbocycles. The molecule has 144 valence electrons. The minimum absolute atomic E-state index is 0.180. The molecule has 0 saturated heterocycles. The van der Waals surface area contributed by atoms with E-state index in [0.29, 0.717) is 10.6 Å². The number of pyridine rings is 1. The molecule has 0 atom stereocenters. The fourth-order valence-electron chi connectivity index (χ4n) is 2.25. The van der Waals surface area contributed by atoms with Gasteiger partial charge in [-0.25, -0.2) is 4.79 Å². The molecular weight excluding hydrogens is 388 g/mol. The molecule has 0 fully saturated rings. The second-order valence-electron chi connectivity index (χ2n) is 5.29. The average molecular weight is 402 g/mol. The third kappa shape index (κ3) is 4.95. The van der Waals surface area contributed by atoms with Gasteiger partial charge in [-0.1, -0.05) is 12.1 Å². The van der Waals surface area contributed by atoms with Crippen LogP contribution in [0, 0.1) is 21.4 Å². The van der Waals surface area contributed by atoms with Gasteiger partial charge in [-0.2, -0.15) is 5.26 Å². The number of carbonyl (C=O) groups is 2. The van der Waals surface area contributed by atoms with E-state index in [9.17, 15) is 24.5 Å². The Morgan fingerprint density at radius 2 is 2.11 bits per heavy atom. The van der Waals surface area contributed by atoms with Gasteiger partial charge in [0.05, 0.1) is 35.1 Å². The van der Waals surface area contributed by atoms with Crippen molar-refractivity contribution >= 4 is 35.0 Å². The normalized spacial score (nSPS) is 10.0. The molecule has 0 aliphatic heterocycles. The number of rotatable bonds is 7. The van der Waals surface area contributed by atoms with Gasteiger partial charge in [-0.15, -0.1) is 11.8 Å². The largest absolute Gasteiger partial charge is 0.465 e. The molecule has 1 aromatic carbocycles. The average Bonchev–Trinajstić information content (AvgIpc) is 2.67. The van der Waals surface area contributed by atoms with Crippen LogP contribution in [0.25, 0.3) is 0 Å². The number of anilines is 1. The molecule has 0 unspecified atom stereocenters. The first kappa shape index (κ1) is 20.7. The molecule has 0 bridgehead atoms. The molecule has 0 radical (unpaired) electrons. The lowest BCUT2D eigenvalue weighted by atomic mass is 10.2. The smallest absolute Gasteiger partial charge is 0.339 e. The first-order chi connectivity index (χ1) is 13.4. The van der Waals surface area contributed by atoms with Crippen molar-refractivity contribution in [3.8, 4) is 6.07 Å². The van der Waals surface area contributed by atoms with E-state index in [0.717, 1.165) is 23.9 Å². The summed E-state index contributed by atoms with van der Waals surface area (Å²) in [6.45, 7) is -0.554. The second kappa shape index (κ2) is 9.33. The minimum Gasteiger partial charge on any atom is -0.465 e. The van der Waals surface area contributed by atoms with Gasteiger partial charge in [-0.05, 0) is 12.1 Å². The van der Waals surface area contributed by atoms with Crippen molar-refractivity contribution < 1.29 is 19.2 Å². The van der Waals surface area contributed by atoms with Crippen LogP contribution < -0.4 is 10.9 Å². The number of nitrogens with one attached hydrogen (secondary N) is 1. The monoisotopic (exact) mass is 402 g/mol. The number of aromatic nitrogens is 1. The molecule has 1 N–H and O–H groups in total. The highest BCUT2D eigenvalue weighted by Crippen LogP contribution is 2.26. The standard InChI is InChI=1S/C17H14N4O6S/c1-27-17(24)11-8-13(21(25)26)16(23)20(9-11)10-15(22)19-12-4-2-3-5-14(12)28-7-6-18/h2-5,8-9H,7,10H2,1H3,(H,19,22). The predicted molar refractivity (Wildman–Crippen MR) is 100 cm³/mol. The second-order valence-corrected chi connectivity index (χ2v) is 6.30. The Labute approximate surface area is 162 Å². The molecule has 28 heavy (non-hydrogen) atoms. The van der Waals surface area contributed by atoms with Crippen molar-refractivity contribution in [1.82, 2.24) is 4.57 Å². The molecule has 1 aromatic heterocycles. The van der Waals surface area contributed by atoms with Gasteiger partial charge in [0.25, 0.3) is 0 Å². The van der Waals surface area contributed by atoms with Crippen molar-refractivity contribution in [2.24, 2.45) is 0 Å². The van der Waals surface area contributed by atoms with Gasteiger partial charge in [0.1, 0.15) is 6.54 Å². The number of ether oxygens (including phenoxy) is 1. The third-order valence-corrected chi connectivity index (χ3v) is 4.39. The fourth-order valence-corrected chi connectivity index (χ4v) is 2.92. The molecule has 10 nitrogen and oxygen atoms in total. The Morgan fingerprint density at radius 3 is 2.75 bits per heavy atom. The number of para-hydroxylation sites is 1. The zero-order chi connectivity index (χ0) is 20.7. The summed E-state index contributed by atoms with van der Waals surface area (Å²) in [5.41, 5.74) is -1.67. The van der Waals surface area contributed by atoms with Crippen LogP contribution in [-0.2, 0) is 16.1 Å². The van der Waals surface area contributed by atoms with Crippen molar-refractivity contribution in [2.75, 3.05) is 18.2 Å². The summed E-state index contributed by atoms with van der Waals surface area (Å²) in [6, 6.07) is 9.54. The molecule has 0 spiro atoms. The summed E-state index contributed by atoms with van der Waals surface area (Å²) in [6.07, 6.45) is 1.02. The zero-order valence-corrected chi connectivity index (χ0v) is 15.4. The first-order valence-electron chi connectivity index (χ1n) is 7.73. The number of methoxy groups -OCH3 is 1. The highest BCUT2D eigenvalue weighted by atomic mass is 32.2. The predicted octanol–water partition coefficient (Wildman–Crippen LogP) is 1.80. The van der Waals surface area contributed by atoms with Gasteiger partial charge in [0, 0.05) is 17.2 Å². The van der Waals surface area contributed by atoms with Crippen LogP contribution in [-0.4, -0.2) is 34.2 Å². The van der Waals surface area contributed by atoms with E-state index in [1.165, 1.54) is 11.8 Å². The van der Waals surface area contributed by atoms with E-state index >= 15 is 0 Å². The van der Waals surface area contributed by atoms with E-state index < -0.39 is 34.6 Å². The molecular formula is C17H14N4O6S. The van der Waals surface area contributed by atoms with Crippen molar-refractivity contribution in [2.45, 2.75) is 11.4 Å². The summed E-state index contributed by atoms with van der Waals surface area (Å²) in [5, 5.41) is 22.4. The number of benzene rings is 1. The molecule has 1 heterocycles. The fraction of sp³-hybridized carbons (Fsp3) is 0.176. The Hall–Kier alpha value is -3.65. The number of hydrogen-bond acceptors (Lipinski definition) is 8. The minimum atomic E-state index is -1.03. The van der Waals surface area contributed by atoms with Crippen LogP contribution in [0.15, 0.2) is 46.2 Å².